The molecule has 0 atom stereocenters. The second-order valence-electron chi connectivity index (χ2n) is 9.35. The highest BCUT2D eigenvalue weighted by Crippen LogP contribution is 2.30. The third kappa shape index (κ3) is 7.32. The smallest absolute Gasteiger partial charge is 0.256 e. The van der Waals surface area contributed by atoms with Crippen molar-refractivity contribution in [1.82, 2.24) is 25.6 Å². The summed E-state index contributed by atoms with van der Waals surface area (Å²) in [5.74, 6) is -0.173. The standard InChI is InChI=1S/C28H36N6O2S.ClH/c1-5-29-12-13-30-26(35)18-33(25-11-10-22(14-20(25)2)28-31-15-21(3)37-28)19-27(36)32(4)34-16-23-8-6-7-9-24(23)17-34;/h6-11,14-15,29H,5,12-13,16-19H2,1-4H3,(H,30,35);1H. The molecular weight excluding hydrogens is 520 g/mol. The molecule has 8 nitrogen and oxygen atoms in total. The largest absolute Gasteiger partial charge is 0.353 e. The number of hydrogen-bond donors (Lipinski definition) is 2. The molecule has 0 bridgehead atoms. The molecule has 0 saturated heterocycles. The summed E-state index contributed by atoms with van der Waals surface area (Å²) in [7, 11) is 1.81. The summed E-state index contributed by atoms with van der Waals surface area (Å²) in [6, 6.07) is 14.3. The Hall–Kier alpha value is -2.98. The number of hydrogen-bond acceptors (Lipinski definition) is 7. The lowest BCUT2D eigenvalue weighted by Crippen LogP contribution is -2.48. The molecule has 1 aliphatic heterocycles. The zero-order valence-corrected chi connectivity index (χ0v) is 24.1. The quantitative estimate of drug-likeness (QED) is 0.350. The topological polar surface area (TPSA) is 80.8 Å². The molecule has 2 N–H and O–H groups in total. The van der Waals surface area contributed by atoms with Crippen LogP contribution in [0.1, 0.15) is 28.5 Å². The zero-order chi connectivity index (χ0) is 26.4. The number of aryl methyl sites for hydroxylation is 2. The van der Waals surface area contributed by atoms with E-state index in [4.69, 9.17) is 0 Å². The zero-order valence-electron chi connectivity index (χ0n) is 22.5. The second kappa shape index (κ2) is 13.7. The van der Waals surface area contributed by atoms with Crippen LogP contribution < -0.4 is 15.5 Å². The van der Waals surface area contributed by atoms with Gasteiger partial charge in [-0.15, -0.1) is 23.7 Å². The van der Waals surface area contributed by atoms with Crippen molar-refractivity contribution in [3.05, 3.63) is 70.2 Å². The molecule has 0 fully saturated rings. The number of halogens is 1. The van der Waals surface area contributed by atoms with E-state index in [1.165, 1.54) is 11.1 Å². The normalized spacial score (nSPS) is 12.5. The number of nitrogens with zero attached hydrogens (tertiary/aromatic N) is 4. The Morgan fingerprint density at radius 1 is 1.05 bits per heavy atom. The van der Waals surface area contributed by atoms with Gasteiger partial charge in [0.2, 0.25) is 5.91 Å². The summed E-state index contributed by atoms with van der Waals surface area (Å²) in [6.45, 7) is 9.79. The minimum absolute atomic E-state index is 0. The summed E-state index contributed by atoms with van der Waals surface area (Å²) in [5, 5.41) is 10.9. The van der Waals surface area contributed by atoms with Crippen LogP contribution in [0.15, 0.2) is 48.7 Å². The summed E-state index contributed by atoms with van der Waals surface area (Å²) in [5.41, 5.74) is 5.37. The first-order valence-corrected chi connectivity index (χ1v) is 13.5. The minimum Gasteiger partial charge on any atom is -0.353 e. The summed E-state index contributed by atoms with van der Waals surface area (Å²) in [6.07, 6.45) is 1.87. The number of hydrazine groups is 1. The number of benzene rings is 2. The van der Waals surface area contributed by atoms with Crippen LogP contribution in [-0.4, -0.2) is 66.6 Å². The molecule has 4 rings (SSSR count). The second-order valence-corrected chi connectivity index (χ2v) is 10.6. The van der Waals surface area contributed by atoms with Crippen LogP contribution in [0.2, 0.25) is 0 Å². The Balaban J connectivity index is 0.00000400. The lowest BCUT2D eigenvalue weighted by Gasteiger charge is -2.32. The molecule has 3 aromatic rings. The van der Waals surface area contributed by atoms with Gasteiger partial charge in [0.05, 0.1) is 13.1 Å². The molecule has 2 heterocycles. The summed E-state index contributed by atoms with van der Waals surface area (Å²) >= 11 is 1.65. The van der Waals surface area contributed by atoms with Gasteiger partial charge in [-0.25, -0.2) is 9.99 Å². The molecule has 2 amide bonds. The molecule has 2 aromatic carbocycles. The van der Waals surface area contributed by atoms with Gasteiger partial charge in [0.15, 0.2) is 0 Å². The molecule has 1 aliphatic rings. The van der Waals surface area contributed by atoms with E-state index >= 15 is 0 Å². The van der Waals surface area contributed by atoms with Crippen molar-refractivity contribution in [1.29, 1.82) is 0 Å². The fourth-order valence-corrected chi connectivity index (χ4v) is 5.27. The van der Waals surface area contributed by atoms with Crippen molar-refractivity contribution in [3.63, 3.8) is 0 Å². The highest BCUT2D eigenvalue weighted by molar-refractivity contribution is 7.14. The molecule has 0 saturated carbocycles. The molecule has 204 valence electrons. The Labute approximate surface area is 235 Å². The maximum atomic E-state index is 13.4. The van der Waals surface area contributed by atoms with E-state index in [9.17, 15) is 9.59 Å². The van der Waals surface area contributed by atoms with Gasteiger partial charge in [-0.05, 0) is 55.3 Å². The van der Waals surface area contributed by atoms with Crippen LogP contribution in [-0.2, 0) is 22.7 Å². The number of thiazole rings is 1. The molecule has 0 unspecified atom stereocenters. The molecule has 1 aromatic heterocycles. The maximum absolute atomic E-state index is 13.4. The molecule has 0 aliphatic carbocycles. The predicted octanol–water partition coefficient (Wildman–Crippen LogP) is 3.77. The molecule has 0 spiro atoms. The Bertz CT molecular complexity index is 1220. The number of carbonyl (C=O) groups is 2. The third-order valence-electron chi connectivity index (χ3n) is 6.55. The van der Waals surface area contributed by atoms with Crippen LogP contribution >= 0.6 is 23.7 Å². The highest BCUT2D eigenvalue weighted by atomic mass is 35.5. The van der Waals surface area contributed by atoms with Gasteiger partial charge in [0.25, 0.3) is 5.91 Å². The highest BCUT2D eigenvalue weighted by Gasteiger charge is 2.27. The average Bonchev–Trinajstić information content (AvgIpc) is 3.52. The van der Waals surface area contributed by atoms with Gasteiger partial charge in [0, 0.05) is 55.6 Å². The third-order valence-corrected chi connectivity index (χ3v) is 7.51. The first-order valence-electron chi connectivity index (χ1n) is 12.7. The van der Waals surface area contributed by atoms with Crippen LogP contribution in [0.5, 0.6) is 0 Å². The van der Waals surface area contributed by atoms with E-state index in [0.717, 1.165) is 33.2 Å². The predicted molar refractivity (Wildman–Crippen MR) is 156 cm³/mol. The van der Waals surface area contributed by atoms with Gasteiger partial charge in [-0.2, -0.15) is 0 Å². The van der Waals surface area contributed by atoms with Crippen LogP contribution in [0.25, 0.3) is 10.6 Å². The van der Waals surface area contributed by atoms with E-state index in [1.54, 1.807) is 16.3 Å². The number of anilines is 1. The lowest BCUT2D eigenvalue weighted by molar-refractivity contribution is -0.145. The lowest BCUT2D eigenvalue weighted by atomic mass is 10.1. The fourth-order valence-electron chi connectivity index (χ4n) is 4.50. The van der Waals surface area contributed by atoms with E-state index in [2.05, 4.69) is 33.8 Å². The van der Waals surface area contributed by atoms with E-state index < -0.39 is 0 Å². The minimum atomic E-state index is -0.110. The monoisotopic (exact) mass is 556 g/mol. The summed E-state index contributed by atoms with van der Waals surface area (Å²) < 4.78 is 0. The number of nitrogens with one attached hydrogen (secondary N) is 2. The van der Waals surface area contributed by atoms with Gasteiger partial charge in [0.1, 0.15) is 5.01 Å². The van der Waals surface area contributed by atoms with Gasteiger partial charge >= 0.3 is 0 Å². The molecular formula is C28H37ClN6O2S. The van der Waals surface area contributed by atoms with E-state index in [1.807, 2.05) is 68.2 Å². The first kappa shape index (κ1) is 29.6. The summed E-state index contributed by atoms with van der Waals surface area (Å²) in [4.78, 5) is 33.8. The van der Waals surface area contributed by atoms with Crippen molar-refractivity contribution in [2.24, 2.45) is 0 Å². The molecule has 10 heteroatoms. The number of likely N-dealkylation sites (N-methyl/N-ethyl adjacent to an activating group) is 2. The number of carbonyl (C=O) groups excluding carboxylic acids is 2. The Kier molecular flexibility index (Phi) is 10.7. The van der Waals surface area contributed by atoms with E-state index in [-0.39, 0.29) is 37.3 Å². The Morgan fingerprint density at radius 2 is 1.76 bits per heavy atom. The molecule has 38 heavy (non-hydrogen) atoms. The first-order chi connectivity index (χ1) is 17.9. The SMILES string of the molecule is CCNCCNC(=O)CN(CC(=O)N(C)N1Cc2ccccc2C1)c1ccc(-c2ncc(C)s2)cc1C.Cl. The van der Waals surface area contributed by atoms with Gasteiger partial charge < -0.3 is 15.5 Å². The van der Waals surface area contributed by atoms with Crippen molar-refractivity contribution >= 4 is 41.2 Å². The fraction of sp³-hybridized carbons (Fsp3) is 0.393. The van der Waals surface area contributed by atoms with Crippen molar-refractivity contribution in [3.8, 4) is 10.6 Å². The van der Waals surface area contributed by atoms with Crippen LogP contribution in [0.3, 0.4) is 0 Å². The number of amides is 2. The van der Waals surface area contributed by atoms with Gasteiger partial charge in [-0.3, -0.25) is 14.6 Å². The number of fused-ring (bicyclic) bond motifs is 1. The van der Waals surface area contributed by atoms with Gasteiger partial charge in [-0.1, -0.05) is 31.2 Å². The number of rotatable bonds is 11. The average molecular weight is 557 g/mol. The maximum Gasteiger partial charge on any atom is 0.256 e. The Morgan fingerprint density at radius 3 is 2.37 bits per heavy atom. The van der Waals surface area contributed by atoms with Crippen LogP contribution in [0.4, 0.5) is 5.69 Å². The van der Waals surface area contributed by atoms with Crippen LogP contribution in [0, 0.1) is 13.8 Å². The van der Waals surface area contributed by atoms with Crippen molar-refractivity contribution in [2.45, 2.75) is 33.9 Å². The van der Waals surface area contributed by atoms with Crippen molar-refractivity contribution < 1.29 is 9.59 Å². The van der Waals surface area contributed by atoms with Crippen molar-refractivity contribution in [2.75, 3.05) is 44.7 Å². The number of aromatic nitrogens is 1. The van der Waals surface area contributed by atoms with E-state index in [0.29, 0.717) is 26.2 Å². The molecule has 0 radical (unpaired) electrons.